The van der Waals surface area contributed by atoms with Gasteiger partial charge >= 0.3 is 0 Å². The fourth-order valence-electron chi connectivity index (χ4n) is 2.19. The van der Waals surface area contributed by atoms with E-state index < -0.39 is 15.9 Å². The fraction of sp³-hybridized carbons (Fsp3) is 0.353. The van der Waals surface area contributed by atoms with Crippen molar-refractivity contribution in [2.24, 2.45) is 5.92 Å². The molecule has 1 unspecified atom stereocenters. The van der Waals surface area contributed by atoms with E-state index in [1.807, 2.05) is 36.6 Å². The lowest BCUT2D eigenvalue weighted by molar-refractivity contribution is -0.123. The van der Waals surface area contributed by atoms with Crippen molar-refractivity contribution in [2.45, 2.75) is 20.3 Å². The molecule has 0 saturated carbocycles. The van der Waals surface area contributed by atoms with E-state index >= 15 is 0 Å². The van der Waals surface area contributed by atoms with E-state index in [0.29, 0.717) is 12.2 Å². The zero-order chi connectivity index (χ0) is 17.6. The van der Waals surface area contributed by atoms with Crippen LogP contribution in [0.3, 0.4) is 0 Å². The lowest BCUT2D eigenvalue weighted by atomic mass is 10.2. The molecule has 0 radical (unpaired) electrons. The van der Waals surface area contributed by atoms with Gasteiger partial charge in [-0.3, -0.25) is 9.52 Å². The standard InChI is InChI=1S/C17H22N2O3S2/c1-13-5-7-15(8-6-13)19-24(21,22)12-14(2)17(20)18-10-9-16-4-3-11-23-16/h3-8,11,14,19H,9-10,12H2,1-2H3,(H,18,20). The average molecular weight is 367 g/mol. The summed E-state index contributed by atoms with van der Waals surface area (Å²) in [6.45, 7) is 4.06. The van der Waals surface area contributed by atoms with Crippen molar-refractivity contribution in [3.8, 4) is 0 Å². The largest absolute Gasteiger partial charge is 0.355 e. The molecule has 1 atom stereocenters. The Morgan fingerprint density at radius 1 is 1.21 bits per heavy atom. The number of benzene rings is 1. The summed E-state index contributed by atoms with van der Waals surface area (Å²) in [6, 6.07) is 11.1. The van der Waals surface area contributed by atoms with Crippen molar-refractivity contribution in [1.29, 1.82) is 0 Å². The third-order valence-electron chi connectivity index (χ3n) is 3.49. The third kappa shape index (κ3) is 5.98. The maximum atomic E-state index is 12.2. The number of hydrogen-bond acceptors (Lipinski definition) is 4. The second kappa shape index (κ2) is 8.30. The minimum absolute atomic E-state index is 0.244. The Balaban J connectivity index is 1.81. The van der Waals surface area contributed by atoms with Crippen molar-refractivity contribution in [1.82, 2.24) is 5.32 Å². The molecular formula is C17H22N2O3S2. The highest BCUT2D eigenvalue weighted by molar-refractivity contribution is 7.92. The van der Waals surface area contributed by atoms with Gasteiger partial charge in [0.2, 0.25) is 15.9 Å². The smallest absolute Gasteiger partial charge is 0.233 e. The summed E-state index contributed by atoms with van der Waals surface area (Å²) in [7, 11) is -3.57. The highest BCUT2D eigenvalue weighted by Gasteiger charge is 2.21. The molecular weight excluding hydrogens is 344 g/mol. The number of amides is 1. The summed E-state index contributed by atoms with van der Waals surface area (Å²) in [5.41, 5.74) is 1.56. The highest BCUT2D eigenvalue weighted by Crippen LogP contribution is 2.13. The highest BCUT2D eigenvalue weighted by atomic mass is 32.2. The van der Waals surface area contributed by atoms with E-state index in [1.54, 1.807) is 30.4 Å². The molecule has 0 saturated heterocycles. The summed E-state index contributed by atoms with van der Waals surface area (Å²) in [6.07, 6.45) is 0.754. The average Bonchev–Trinajstić information content (AvgIpc) is 3.02. The number of hydrogen-bond donors (Lipinski definition) is 2. The van der Waals surface area contributed by atoms with Crippen LogP contribution in [0.15, 0.2) is 41.8 Å². The van der Waals surface area contributed by atoms with Crippen LogP contribution < -0.4 is 10.0 Å². The van der Waals surface area contributed by atoms with Crippen LogP contribution in [0.4, 0.5) is 5.69 Å². The number of aryl methyl sites for hydroxylation is 1. The van der Waals surface area contributed by atoms with Crippen molar-refractivity contribution in [2.75, 3.05) is 17.0 Å². The van der Waals surface area contributed by atoms with E-state index in [-0.39, 0.29) is 11.7 Å². The van der Waals surface area contributed by atoms with Gasteiger partial charge in [0.15, 0.2) is 0 Å². The first-order chi connectivity index (χ1) is 11.4. The number of carbonyl (C=O) groups is 1. The molecule has 1 heterocycles. The number of nitrogens with one attached hydrogen (secondary N) is 2. The molecule has 5 nitrogen and oxygen atoms in total. The Bertz CT molecular complexity index is 754. The minimum Gasteiger partial charge on any atom is -0.355 e. The molecule has 0 aliphatic heterocycles. The SMILES string of the molecule is Cc1ccc(NS(=O)(=O)CC(C)C(=O)NCCc2cccs2)cc1. The molecule has 0 bridgehead atoms. The Morgan fingerprint density at radius 3 is 2.54 bits per heavy atom. The first-order valence-electron chi connectivity index (χ1n) is 7.73. The van der Waals surface area contributed by atoms with Crippen molar-refractivity contribution >= 4 is 33.0 Å². The maximum Gasteiger partial charge on any atom is 0.233 e. The predicted molar refractivity (Wildman–Crippen MR) is 98.8 cm³/mol. The summed E-state index contributed by atoms with van der Waals surface area (Å²) in [5.74, 6) is -1.11. The van der Waals surface area contributed by atoms with Crippen LogP contribution >= 0.6 is 11.3 Å². The van der Waals surface area contributed by atoms with Crippen LogP contribution in [0, 0.1) is 12.8 Å². The molecule has 2 N–H and O–H groups in total. The van der Waals surface area contributed by atoms with Crippen LogP contribution in [0.25, 0.3) is 0 Å². The van der Waals surface area contributed by atoms with Crippen LogP contribution in [0.5, 0.6) is 0 Å². The Morgan fingerprint density at radius 2 is 1.92 bits per heavy atom. The Labute approximate surface area is 147 Å². The number of thiophene rings is 1. The fourth-order valence-corrected chi connectivity index (χ4v) is 4.28. The number of rotatable bonds is 8. The quantitative estimate of drug-likeness (QED) is 0.754. The van der Waals surface area contributed by atoms with E-state index in [1.165, 1.54) is 4.88 Å². The lowest BCUT2D eigenvalue weighted by Gasteiger charge is -2.14. The Hall–Kier alpha value is -1.86. The zero-order valence-electron chi connectivity index (χ0n) is 13.8. The van der Waals surface area contributed by atoms with Gasteiger partial charge in [-0.25, -0.2) is 8.42 Å². The molecule has 0 aliphatic rings. The molecule has 1 amide bonds. The minimum atomic E-state index is -3.57. The molecule has 1 aromatic carbocycles. The van der Waals surface area contributed by atoms with E-state index in [4.69, 9.17) is 0 Å². The van der Waals surface area contributed by atoms with Gasteiger partial charge in [0.05, 0.1) is 11.7 Å². The van der Waals surface area contributed by atoms with Crippen molar-refractivity contribution in [3.63, 3.8) is 0 Å². The number of sulfonamides is 1. The van der Waals surface area contributed by atoms with Gasteiger partial charge in [-0.1, -0.05) is 30.7 Å². The van der Waals surface area contributed by atoms with E-state index in [9.17, 15) is 13.2 Å². The van der Waals surface area contributed by atoms with Gasteiger partial charge in [-0.15, -0.1) is 11.3 Å². The Kier molecular flexibility index (Phi) is 6.39. The first kappa shape index (κ1) is 18.5. The normalized spacial score (nSPS) is 12.6. The summed E-state index contributed by atoms with van der Waals surface area (Å²) in [4.78, 5) is 13.2. The van der Waals surface area contributed by atoms with Gasteiger partial charge in [0, 0.05) is 17.1 Å². The van der Waals surface area contributed by atoms with E-state index in [0.717, 1.165) is 12.0 Å². The zero-order valence-corrected chi connectivity index (χ0v) is 15.4. The molecule has 7 heteroatoms. The van der Waals surface area contributed by atoms with Crippen LogP contribution in [-0.2, 0) is 21.2 Å². The van der Waals surface area contributed by atoms with Gasteiger partial charge < -0.3 is 5.32 Å². The van der Waals surface area contributed by atoms with Crippen LogP contribution in [0.1, 0.15) is 17.4 Å². The van der Waals surface area contributed by atoms with Gasteiger partial charge in [-0.05, 0) is 36.9 Å². The third-order valence-corrected chi connectivity index (χ3v) is 5.91. The molecule has 2 aromatic rings. The van der Waals surface area contributed by atoms with E-state index in [2.05, 4.69) is 10.0 Å². The molecule has 24 heavy (non-hydrogen) atoms. The van der Waals surface area contributed by atoms with Crippen LogP contribution in [0.2, 0.25) is 0 Å². The van der Waals surface area contributed by atoms with Gasteiger partial charge in [0.25, 0.3) is 0 Å². The van der Waals surface area contributed by atoms with Gasteiger partial charge in [0.1, 0.15) is 0 Å². The molecule has 130 valence electrons. The molecule has 1 aromatic heterocycles. The van der Waals surface area contributed by atoms with Crippen molar-refractivity contribution < 1.29 is 13.2 Å². The molecule has 0 spiro atoms. The summed E-state index contributed by atoms with van der Waals surface area (Å²) in [5, 5.41) is 4.78. The molecule has 2 rings (SSSR count). The monoisotopic (exact) mass is 366 g/mol. The predicted octanol–water partition coefficient (Wildman–Crippen LogP) is 2.79. The topological polar surface area (TPSA) is 75.3 Å². The van der Waals surface area contributed by atoms with Crippen LogP contribution in [-0.4, -0.2) is 26.6 Å². The lowest BCUT2D eigenvalue weighted by Crippen LogP contribution is -2.35. The molecule has 0 aliphatic carbocycles. The number of carbonyl (C=O) groups excluding carboxylic acids is 1. The van der Waals surface area contributed by atoms with Crippen molar-refractivity contribution in [3.05, 3.63) is 52.2 Å². The van der Waals surface area contributed by atoms with Gasteiger partial charge in [-0.2, -0.15) is 0 Å². The second-order valence-electron chi connectivity index (χ2n) is 5.77. The second-order valence-corrected chi connectivity index (χ2v) is 8.57. The first-order valence-corrected chi connectivity index (χ1v) is 10.3. The summed E-state index contributed by atoms with van der Waals surface area (Å²) >= 11 is 1.64. The summed E-state index contributed by atoms with van der Waals surface area (Å²) < 4.78 is 26.8. The maximum absolute atomic E-state index is 12.2. The number of anilines is 1. The molecule has 0 fully saturated rings.